The number of carbonyl (C=O) groups is 1. The molecule has 1 amide bonds. The van der Waals surface area contributed by atoms with Crippen molar-refractivity contribution in [2.24, 2.45) is 5.92 Å². The van der Waals surface area contributed by atoms with E-state index in [0.29, 0.717) is 16.5 Å². The number of halogens is 1. The monoisotopic (exact) mass is 296 g/mol. The Labute approximate surface area is 125 Å². The fourth-order valence-corrected chi connectivity index (χ4v) is 2.61. The van der Waals surface area contributed by atoms with E-state index in [2.05, 4.69) is 5.32 Å². The molecular formula is C15H21ClN2O2. The summed E-state index contributed by atoms with van der Waals surface area (Å²) < 4.78 is 5.35. The average molecular weight is 297 g/mol. The minimum absolute atomic E-state index is 0.00431. The fourth-order valence-electron chi connectivity index (χ4n) is 2.44. The standard InChI is InChI=1S/C15H21ClN2O2/c1-3-17-14-5-4-12(16)8-13(14)15(19)18(2)9-11-6-7-20-10-11/h4-5,8,11,17H,3,6-7,9-10H2,1-2H3/t11-/m1/s1. The van der Waals surface area contributed by atoms with Gasteiger partial charge in [0.25, 0.3) is 5.91 Å². The number of amides is 1. The highest BCUT2D eigenvalue weighted by Gasteiger charge is 2.22. The molecular weight excluding hydrogens is 276 g/mol. The van der Waals surface area contributed by atoms with Crippen LogP contribution in [-0.2, 0) is 4.74 Å². The van der Waals surface area contributed by atoms with Gasteiger partial charge < -0.3 is 15.0 Å². The van der Waals surface area contributed by atoms with E-state index in [1.807, 2.05) is 20.0 Å². The van der Waals surface area contributed by atoms with Crippen LogP contribution in [0.4, 0.5) is 5.69 Å². The lowest BCUT2D eigenvalue weighted by Gasteiger charge is -2.22. The highest BCUT2D eigenvalue weighted by atomic mass is 35.5. The van der Waals surface area contributed by atoms with E-state index in [4.69, 9.17) is 16.3 Å². The Morgan fingerprint density at radius 2 is 2.35 bits per heavy atom. The predicted octanol–water partition coefficient (Wildman–Crippen LogP) is 2.88. The van der Waals surface area contributed by atoms with Crippen LogP contribution in [0.15, 0.2) is 18.2 Å². The van der Waals surface area contributed by atoms with Gasteiger partial charge in [-0.1, -0.05) is 11.6 Å². The van der Waals surface area contributed by atoms with Crippen molar-refractivity contribution in [3.05, 3.63) is 28.8 Å². The van der Waals surface area contributed by atoms with Gasteiger partial charge in [-0.05, 0) is 31.5 Å². The van der Waals surface area contributed by atoms with E-state index in [0.717, 1.165) is 38.4 Å². The van der Waals surface area contributed by atoms with Gasteiger partial charge in [-0.2, -0.15) is 0 Å². The summed E-state index contributed by atoms with van der Waals surface area (Å²) in [6, 6.07) is 5.37. The lowest BCUT2D eigenvalue weighted by Crippen LogP contribution is -2.32. The van der Waals surface area contributed by atoms with Crippen LogP contribution in [0, 0.1) is 5.92 Å². The van der Waals surface area contributed by atoms with Gasteiger partial charge in [-0.15, -0.1) is 0 Å². The number of carbonyl (C=O) groups excluding carboxylic acids is 1. The number of hydrogen-bond donors (Lipinski definition) is 1. The van der Waals surface area contributed by atoms with Crippen molar-refractivity contribution in [2.75, 3.05) is 38.7 Å². The molecule has 0 saturated carbocycles. The maximum atomic E-state index is 12.6. The van der Waals surface area contributed by atoms with Gasteiger partial charge in [0.05, 0.1) is 12.2 Å². The van der Waals surface area contributed by atoms with Gasteiger partial charge in [0, 0.05) is 43.4 Å². The van der Waals surface area contributed by atoms with E-state index in [1.54, 1.807) is 17.0 Å². The maximum absolute atomic E-state index is 12.6. The SMILES string of the molecule is CCNc1ccc(Cl)cc1C(=O)N(C)C[C@H]1CCOC1. The Bertz CT molecular complexity index is 473. The summed E-state index contributed by atoms with van der Waals surface area (Å²) in [5.41, 5.74) is 1.46. The highest BCUT2D eigenvalue weighted by molar-refractivity contribution is 6.31. The molecule has 0 aliphatic carbocycles. The van der Waals surface area contributed by atoms with Crippen molar-refractivity contribution >= 4 is 23.2 Å². The van der Waals surface area contributed by atoms with Gasteiger partial charge in [0.1, 0.15) is 0 Å². The van der Waals surface area contributed by atoms with Gasteiger partial charge in [0.15, 0.2) is 0 Å². The van der Waals surface area contributed by atoms with E-state index >= 15 is 0 Å². The summed E-state index contributed by atoms with van der Waals surface area (Å²) in [6.45, 7) is 5.03. The molecule has 5 heteroatoms. The Morgan fingerprint density at radius 1 is 1.55 bits per heavy atom. The first-order valence-electron chi connectivity index (χ1n) is 6.98. The first-order valence-corrected chi connectivity index (χ1v) is 7.36. The third-order valence-corrected chi connectivity index (χ3v) is 3.72. The van der Waals surface area contributed by atoms with Crippen molar-refractivity contribution < 1.29 is 9.53 Å². The first-order chi connectivity index (χ1) is 9.61. The second-order valence-corrected chi connectivity index (χ2v) is 5.57. The number of ether oxygens (including phenoxy) is 1. The molecule has 0 radical (unpaired) electrons. The summed E-state index contributed by atoms with van der Waals surface area (Å²) in [5, 5.41) is 3.78. The smallest absolute Gasteiger partial charge is 0.255 e. The van der Waals surface area contributed by atoms with Crippen molar-refractivity contribution in [3.63, 3.8) is 0 Å². The van der Waals surface area contributed by atoms with Crippen LogP contribution < -0.4 is 5.32 Å². The van der Waals surface area contributed by atoms with Crippen LogP contribution in [0.25, 0.3) is 0 Å². The number of nitrogens with zero attached hydrogens (tertiary/aromatic N) is 1. The minimum Gasteiger partial charge on any atom is -0.385 e. The van der Waals surface area contributed by atoms with Crippen LogP contribution >= 0.6 is 11.6 Å². The summed E-state index contributed by atoms with van der Waals surface area (Å²) >= 11 is 6.02. The second-order valence-electron chi connectivity index (χ2n) is 5.14. The summed E-state index contributed by atoms with van der Waals surface area (Å²) in [5.74, 6) is 0.432. The summed E-state index contributed by atoms with van der Waals surface area (Å²) in [4.78, 5) is 14.3. The molecule has 0 unspecified atom stereocenters. The fraction of sp³-hybridized carbons (Fsp3) is 0.533. The molecule has 1 N–H and O–H groups in total. The molecule has 20 heavy (non-hydrogen) atoms. The molecule has 0 bridgehead atoms. The zero-order valence-corrected chi connectivity index (χ0v) is 12.7. The Morgan fingerprint density at radius 3 is 3.00 bits per heavy atom. The third-order valence-electron chi connectivity index (χ3n) is 3.48. The molecule has 0 aromatic heterocycles. The number of anilines is 1. The Hall–Kier alpha value is -1.26. The van der Waals surface area contributed by atoms with Crippen molar-refractivity contribution in [3.8, 4) is 0 Å². The second kappa shape index (κ2) is 6.95. The molecule has 1 aliphatic rings. The lowest BCUT2D eigenvalue weighted by molar-refractivity contribution is 0.0767. The van der Waals surface area contributed by atoms with Crippen LogP contribution in [-0.4, -0.2) is 44.2 Å². The van der Waals surface area contributed by atoms with Gasteiger partial charge in [0.2, 0.25) is 0 Å². The van der Waals surface area contributed by atoms with Crippen LogP contribution in [0.5, 0.6) is 0 Å². The molecule has 4 nitrogen and oxygen atoms in total. The minimum atomic E-state index is -0.00431. The van der Waals surface area contributed by atoms with Gasteiger partial charge in [-0.3, -0.25) is 4.79 Å². The lowest BCUT2D eigenvalue weighted by atomic mass is 10.1. The van der Waals surface area contributed by atoms with Gasteiger partial charge in [-0.25, -0.2) is 0 Å². The van der Waals surface area contributed by atoms with Crippen molar-refractivity contribution in [1.82, 2.24) is 4.90 Å². The van der Waals surface area contributed by atoms with E-state index < -0.39 is 0 Å². The Balaban J connectivity index is 2.11. The molecule has 1 heterocycles. The first kappa shape index (κ1) is 15.1. The highest BCUT2D eigenvalue weighted by Crippen LogP contribution is 2.23. The van der Waals surface area contributed by atoms with Crippen LogP contribution in [0.2, 0.25) is 5.02 Å². The molecule has 110 valence electrons. The van der Waals surface area contributed by atoms with E-state index in [9.17, 15) is 4.79 Å². The quantitative estimate of drug-likeness (QED) is 0.908. The van der Waals surface area contributed by atoms with E-state index in [1.165, 1.54) is 0 Å². The zero-order valence-electron chi connectivity index (χ0n) is 12.0. The maximum Gasteiger partial charge on any atom is 0.255 e. The summed E-state index contributed by atoms with van der Waals surface area (Å²) in [6.07, 6.45) is 1.02. The third kappa shape index (κ3) is 3.64. The molecule has 2 rings (SSSR count). The topological polar surface area (TPSA) is 41.6 Å². The van der Waals surface area contributed by atoms with Gasteiger partial charge >= 0.3 is 0 Å². The number of hydrogen-bond acceptors (Lipinski definition) is 3. The number of nitrogens with one attached hydrogen (secondary N) is 1. The normalized spacial score (nSPS) is 18.1. The molecule has 1 atom stereocenters. The molecule has 1 saturated heterocycles. The molecule has 1 aliphatic heterocycles. The van der Waals surface area contributed by atoms with Crippen molar-refractivity contribution in [2.45, 2.75) is 13.3 Å². The largest absolute Gasteiger partial charge is 0.385 e. The van der Waals surface area contributed by atoms with Crippen molar-refractivity contribution in [1.29, 1.82) is 0 Å². The van der Waals surface area contributed by atoms with Crippen LogP contribution in [0.3, 0.4) is 0 Å². The molecule has 1 aromatic rings. The van der Waals surface area contributed by atoms with E-state index in [-0.39, 0.29) is 5.91 Å². The summed E-state index contributed by atoms with van der Waals surface area (Å²) in [7, 11) is 1.83. The predicted molar refractivity (Wildman–Crippen MR) is 81.5 cm³/mol. The average Bonchev–Trinajstić information content (AvgIpc) is 2.93. The number of rotatable bonds is 5. The molecule has 0 spiro atoms. The Kier molecular flexibility index (Phi) is 5.26. The zero-order chi connectivity index (χ0) is 14.5. The molecule has 1 fully saturated rings. The number of benzene rings is 1. The molecule has 1 aromatic carbocycles. The van der Waals surface area contributed by atoms with Crippen LogP contribution in [0.1, 0.15) is 23.7 Å².